The molecule has 1 N–H and O–H groups in total. The lowest BCUT2D eigenvalue weighted by atomic mass is 9.98. The molecule has 5 heterocycles. The van der Waals surface area contributed by atoms with Gasteiger partial charge in [-0.25, -0.2) is 14.6 Å². The smallest absolute Gasteiger partial charge is 0.335 e. The van der Waals surface area contributed by atoms with Crippen molar-refractivity contribution in [3.63, 3.8) is 0 Å². The molecule has 2 amide bonds. The fraction of sp³-hybridized carbons (Fsp3) is 0.457. The molecule has 0 saturated carbocycles. The van der Waals surface area contributed by atoms with Gasteiger partial charge in [-0.2, -0.15) is 0 Å². The highest BCUT2D eigenvalue weighted by Gasteiger charge is 2.48. The number of fused-ring (bicyclic) bond motifs is 2. The first-order valence-corrected chi connectivity index (χ1v) is 15.9. The Hall–Kier alpha value is -3.95. The number of carboxylic acids is 1. The molecule has 4 aliphatic rings. The molecular formula is C35H40N4O5. The van der Waals surface area contributed by atoms with Gasteiger partial charge in [-0.1, -0.05) is 36.4 Å². The van der Waals surface area contributed by atoms with Gasteiger partial charge in [0.25, 0.3) is 0 Å². The van der Waals surface area contributed by atoms with E-state index < -0.39 is 5.97 Å². The van der Waals surface area contributed by atoms with E-state index in [1.54, 1.807) is 12.1 Å². The van der Waals surface area contributed by atoms with Crippen molar-refractivity contribution in [1.82, 2.24) is 19.7 Å². The third-order valence-electron chi connectivity index (χ3n) is 9.90. The van der Waals surface area contributed by atoms with Crippen LogP contribution >= 0.6 is 0 Å². The molecule has 230 valence electrons. The number of piperidine rings is 1. The summed E-state index contributed by atoms with van der Waals surface area (Å²) in [7, 11) is 0. The normalized spacial score (nSPS) is 25.9. The van der Waals surface area contributed by atoms with E-state index in [-0.39, 0.29) is 29.7 Å². The number of likely N-dealkylation sites (tertiary alicyclic amines) is 1. The van der Waals surface area contributed by atoms with Gasteiger partial charge in [0.1, 0.15) is 5.75 Å². The largest absolute Gasteiger partial charge is 0.478 e. The van der Waals surface area contributed by atoms with E-state index in [2.05, 4.69) is 50.0 Å². The van der Waals surface area contributed by atoms with Crippen molar-refractivity contribution in [2.75, 3.05) is 19.6 Å². The fourth-order valence-electron chi connectivity index (χ4n) is 7.55. The number of pyridine rings is 1. The van der Waals surface area contributed by atoms with Crippen molar-refractivity contribution in [2.24, 2.45) is 0 Å². The quantitative estimate of drug-likeness (QED) is 0.339. The Balaban J connectivity index is 0.991. The maximum absolute atomic E-state index is 14.1. The van der Waals surface area contributed by atoms with Crippen molar-refractivity contribution in [3.8, 4) is 11.6 Å². The van der Waals surface area contributed by atoms with Gasteiger partial charge < -0.3 is 24.4 Å². The van der Waals surface area contributed by atoms with E-state index in [4.69, 9.17) is 14.6 Å². The number of carbonyl (C=O) groups excluding carboxylic acids is 1. The van der Waals surface area contributed by atoms with Crippen LogP contribution in [0.1, 0.15) is 71.7 Å². The number of rotatable bonds is 8. The highest BCUT2D eigenvalue weighted by atomic mass is 16.5. The van der Waals surface area contributed by atoms with E-state index in [9.17, 15) is 9.59 Å². The van der Waals surface area contributed by atoms with Crippen LogP contribution in [0.2, 0.25) is 0 Å². The second-order valence-corrected chi connectivity index (χ2v) is 12.7. The van der Waals surface area contributed by atoms with Crippen LogP contribution in [0.15, 0.2) is 66.7 Å². The molecule has 44 heavy (non-hydrogen) atoms. The molecule has 7 rings (SSSR count). The molecule has 4 aliphatic heterocycles. The number of aromatic carboxylic acids is 1. The molecule has 4 saturated heterocycles. The Morgan fingerprint density at radius 1 is 0.932 bits per heavy atom. The molecule has 9 heteroatoms. The summed E-state index contributed by atoms with van der Waals surface area (Å²) < 4.78 is 12.0. The zero-order chi connectivity index (χ0) is 30.2. The van der Waals surface area contributed by atoms with E-state index in [0.29, 0.717) is 23.8 Å². The van der Waals surface area contributed by atoms with Gasteiger partial charge in [0.15, 0.2) is 0 Å². The summed E-state index contributed by atoms with van der Waals surface area (Å²) in [4.78, 5) is 36.7. The zero-order valence-corrected chi connectivity index (χ0v) is 25.2. The predicted molar refractivity (Wildman–Crippen MR) is 165 cm³/mol. The van der Waals surface area contributed by atoms with Gasteiger partial charge in [0, 0.05) is 50.0 Å². The first-order valence-electron chi connectivity index (χ1n) is 15.9. The summed E-state index contributed by atoms with van der Waals surface area (Å²) in [6.07, 6.45) is 6.69. The van der Waals surface area contributed by atoms with Gasteiger partial charge in [-0.15, -0.1) is 0 Å². The molecular weight excluding hydrogens is 556 g/mol. The highest BCUT2D eigenvalue weighted by molar-refractivity contribution is 5.87. The molecule has 1 aromatic heterocycles. The van der Waals surface area contributed by atoms with Crippen LogP contribution in [-0.4, -0.2) is 80.7 Å². The summed E-state index contributed by atoms with van der Waals surface area (Å²) in [5, 5.41) is 9.10. The number of benzene rings is 2. The van der Waals surface area contributed by atoms with Crippen molar-refractivity contribution in [2.45, 2.75) is 82.3 Å². The van der Waals surface area contributed by atoms with Gasteiger partial charge >= 0.3 is 12.0 Å². The van der Waals surface area contributed by atoms with E-state index in [0.717, 1.165) is 76.0 Å². The molecule has 0 radical (unpaired) electrons. The second-order valence-electron chi connectivity index (χ2n) is 12.7. The van der Waals surface area contributed by atoms with E-state index in [1.165, 1.54) is 17.7 Å². The average molecular weight is 597 g/mol. The third-order valence-corrected chi connectivity index (χ3v) is 9.90. The summed E-state index contributed by atoms with van der Waals surface area (Å²) in [5.41, 5.74) is 3.50. The Morgan fingerprint density at radius 3 is 2.30 bits per heavy atom. The predicted octanol–water partition coefficient (Wildman–Crippen LogP) is 6.03. The van der Waals surface area contributed by atoms with E-state index in [1.807, 2.05) is 19.1 Å². The van der Waals surface area contributed by atoms with Crippen molar-refractivity contribution < 1.29 is 24.2 Å². The molecule has 4 fully saturated rings. The van der Waals surface area contributed by atoms with Gasteiger partial charge in [-0.05, 0) is 80.8 Å². The molecule has 2 bridgehead atoms. The molecule has 2 aromatic carbocycles. The number of ether oxygens (including phenoxy) is 2. The monoisotopic (exact) mass is 596 g/mol. The zero-order valence-electron chi connectivity index (χ0n) is 25.2. The molecule has 3 unspecified atom stereocenters. The van der Waals surface area contributed by atoms with Crippen LogP contribution < -0.4 is 4.74 Å². The molecule has 0 spiro atoms. The van der Waals surface area contributed by atoms with Gasteiger partial charge in [0.2, 0.25) is 5.88 Å². The summed E-state index contributed by atoms with van der Waals surface area (Å²) in [6, 6.07) is 21.6. The first-order chi connectivity index (χ1) is 21.4. The first kappa shape index (κ1) is 28.8. The maximum atomic E-state index is 14.1. The Morgan fingerprint density at radius 2 is 1.64 bits per heavy atom. The van der Waals surface area contributed by atoms with Crippen molar-refractivity contribution >= 4 is 12.0 Å². The minimum absolute atomic E-state index is 0.0834. The van der Waals surface area contributed by atoms with Gasteiger partial charge in [-0.3, -0.25) is 4.90 Å². The van der Waals surface area contributed by atoms with Crippen molar-refractivity contribution in [3.05, 3.63) is 89.1 Å². The van der Waals surface area contributed by atoms with Crippen LogP contribution in [0.25, 0.3) is 0 Å². The van der Waals surface area contributed by atoms with Crippen molar-refractivity contribution in [1.29, 1.82) is 0 Å². The van der Waals surface area contributed by atoms with Gasteiger partial charge in [0.05, 0.1) is 23.8 Å². The summed E-state index contributed by atoms with van der Waals surface area (Å²) >= 11 is 0. The van der Waals surface area contributed by atoms with Crippen LogP contribution in [0.3, 0.4) is 0 Å². The molecule has 0 aliphatic carbocycles. The number of hydrogen-bond acceptors (Lipinski definition) is 6. The Labute approximate surface area is 258 Å². The Kier molecular flexibility index (Phi) is 7.99. The van der Waals surface area contributed by atoms with Crippen LogP contribution in [-0.2, 0) is 11.3 Å². The standard InChI is InChI=1S/C35H40N4O5/c1-23-26(9-14-33(36-23)44-29-10-7-25(8-11-29)34(40)41)21-37-17-15-27(16-18-37)39-32(24-5-3-2-4-6-24)22-38(35(39)42)28-19-30-12-13-31(20-28)43-30/h2-11,14,27-28,30-32H,12-13,15-22H2,1H3,(H,40,41). The number of hydrogen-bond donors (Lipinski definition) is 1. The number of aromatic nitrogens is 1. The molecule has 3 atom stereocenters. The number of nitrogens with zero attached hydrogens (tertiary/aromatic N) is 4. The lowest BCUT2D eigenvalue weighted by molar-refractivity contribution is -0.0258. The Bertz CT molecular complexity index is 1480. The minimum Gasteiger partial charge on any atom is -0.478 e. The van der Waals surface area contributed by atoms with Crippen LogP contribution in [0, 0.1) is 6.92 Å². The lowest BCUT2D eigenvalue weighted by Crippen LogP contribution is -2.49. The van der Waals surface area contributed by atoms with Crippen LogP contribution in [0.5, 0.6) is 11.6 Å². The number of urea groups is 1. The minimum atomic E-state index is -0.967. The van der Waals surface area contributed by atoms with E-state index >= 15 is 0 Å². The number of amides is 2. The number of carboxylic acid groups (broad SMARTS) is 1. The average Bonchev–Trinajstić information content (AvgIpc) is 3.57. The summed E-state index contributed by atoms with van der Waals surface area (Å²) in [5.74, 6) is 0.0600. The van der Waals surface area contributed by atoms with Crippen LogP contribution in [0.4, 0.5) is 4.79 Å². The second kappa shape index (κ2) is 12.2. The number of aryl methyl sites for hydroxylation is 1. The SMILES string of the molecule is Cc1nc(Oc2ccc(C(=O)O)cc2)ccc1CN1CCC(N2C(=O)N(C3CC4CCC(C3)O4)CC2c2ccccc2)CC1. The fourth-order valence-corrected chi connectivity index (χ4v) is 7.55. The number of carbonyl (C=O) groups is 2. The molecule has 9 nitrogen and oxygen atoms in total. The molecule has 3 aromatic rings. The lowest BCUT2D eigenvalue weighted by Gasteiger charge is -2.39. The third kappa shape index (κ3) is 5.90. The summed E-state index contributed by atoms with van der Waals surface area (Å²) in [6.45, 7) is 5.39. The maximum Gasteiger partial charge on any atom is 0.335 e. The highest BCUT2D eigenvalue weighted by Crippen LogP contribution is 2.41. The topological polar surface area (TPSA) is 95.4 Å².